The van der Waals surface area contributed by atoms with Crippen molar-refractivity contribution >= 4 is 17.5 Å². The highest BCUT2D eigenvalue weighted by Crippen LogP contribution is 2.27. The molecule has 0 saturated carbocycles. The van der Waals surface area contributed by atoms with Gasteiger partial charge in [-0.2, -0.15) is 0 Å². The summed E-state index contributed by atoms with van der Waals surface area (Å²) in [5.41, 5.74) is -0.430. The zero-order valence-electron chi connectivity index (χ0n) is 14.1. The van der Waals surface area contributed by atoms with Gasteiger partial charge in [0.1, 0.15) is 11.4 Å². The zero-order valence-corrected chi connectivity index (χ0v) is 14.1. The number of carbonyl (C=O) groups is 2. The molecule has 0 bridgehead atoms. The maximum absolute atomic E-state index is 12.8. The Morgan fingerprint density at radius 1 is 1.12 bits per heavy atom. The summed E-state index contributed by atoms with van der Waals surface area (Å²) >= 11 is 0. The second kappa shape index (κ2) is 7.90. The van der Waals surface area contributed by atoms with Gasteiger partial charge in [0, 0.05) is 11.6 Å². The van der Waals surface area contributed by atoms with E-state index >= 15 is 0 Å². The van der Waals surface area contributed by atoms with Crippen LogP contribution in [0.5, 0.6) is 0 Å². The summed E-state index contributed by atoms with van der Waals surface area (Å²) < 4.78 is 12.8. The largest absolute Gasteiger partial charge is 0.380 e. The van der Waals surface area contributed by atoms with E-state index in [1.807, 2.05) is 30.3 Å². The fourth-order valence-electron chi connectivity index (χ4n) is 2.34. The molecule has 0 radical (unpaired) electrons. The maximum Gasteiger partial charge on any atom is 0.252 e. The number of amides is 2. The molecule has 0 aliphatic rings. The van der Waals surface area contributed by atoms with Crippen molar-refractivity contribution in [2.45, 2.75) is 25.4 Å². The Morgan fingerprint density at radius 2 is 1.72 bits per heavy atom. The number of carbonyl (C=O) groups excluding carboxylic acids is 2. The number of rotatable bonds is 6. The Balaban J connectivity index is 1.91. The van der Waals surface area contributed by atoms with Gasteiger partial charge in [-0.15, -0.1) is 0 Å². The molecule has 0 aromatic heterocycles. The molecule has 0 unspecified atom stereocenters. The highest BCUT2D eigenvalue weighted by Gasteiger charge is 2.37. The van der Waals surface area contributed by atoms with Gasteiger partial charge in [-0.1, -0.05) is 37.3 Å². The van der Waals surface area contributed by atoms with E-state index in [4.69, 9.17) is 0 Å². The summed E-state index contributed by atoms with van der Waals surface area (Å²) in [5, 5.41) is 15.5. The molecule has 5 nitrogen and oxygen atoms in total. The van der Waals surface area contributed by atoms with E-state index in [1.54, 1.807) is 6.92 Å². The summed E-state index contributed by atoms with van der Waals surface area (Å²) in [5.74, 6) is -1.97. The van der Waals surface area contributed by atoms with Crippen LogP contribution in [-0.4, -0.2) is 29.1 Å². The van der Waals surface area contributed by atoms with Crippen LogP contribution in [0.2, 0.25) is 0 Å². The lowest BCUT2D eigenvalue weighted by atomic mass is 9.84. The van der Waals surface area contributed by atoms with Crippen LogP contribution >= 0.6 is 0 Å². The number of hydrogen-bond acceptors (Lipinski definition) is 3. The molecule has 2 atom stereocenters. The lowest BCUT2D eigenvalue weighted by Gasteiger charge is -2.29. The van der Waals surface area contributed by atoms with Crippen LogP contribution in [0.25, 0.3) is 0 Å². The third kappa shape index (κ3) is 4.87. The second-order valence-corrected chi connectivity index (χ2v) is 6.02. The van der Waals surface area contributed by atoms with Crippen LogP contribution in [0.4, 0.5) is 10.1 Å². The van der Waals surface area contributed by atoms with Crippen LogP contribution in [-0.2, 0) is 9.59 Å². The topological polar surface area (TPSA) is 78.4 Å². The molecule has 2 amide bonds. The fraction of sp³-hybridized carbons (Fsp3) is 0.263. The van der Waals surface area contributed by atoms with Gasteiger partial charge in [0.25, 0.3) is 5.91 Å². The molecule has 25 heavy (non-hydrogen) atoms. The molecule has 2 aromatic carbocycles. The average molecular weight is 344 g/mol. The first-order valence-electron chi connectivity index (χ1n) is 7.91. The minimum Gasteiger partial charge on any atom is -0.380 e. The molecule has 132 valence electrons. The predicted octanol–water partition coefficient (Wildman–Crippen LogP) is 2.44. The smallest absolute Gasteiger partial charge is 0.252 e. The number of hydrogen-bond donors (Lipinski definition) is 3. The Morgan fingerprint density at radius 3 is 2.32 bits per heavy atom. The van der Waals surface area contributed by atoms with Crippen molar-refractivity contribution < 1.29 is 19.1 Å². The lowest BCUT2D eigenvalue weighted by Crippen LogP contribution is -2.49. The molecule has 0 aliphatic heterocycles. The van der Waals surface area contributed by atoms with Crippen molar-refractivity contribution in [3.05, 3.63) is 66.0 Å². The summed E-state index contributed by atoms with van der Waals surface area (Å²) in [6, 6.07) is 14.4. The Labute approximate surface area is 145 Å². The minimum absolute atomic E-state index is 0.298. The first kappa shape index (κ1) is 18.6. The monoisotopic (exact) mass is 344 g/mol. The highest BCUT2D eigenvalue weighted by molar-refractivity contribution is 5.96. The van der Waals surface area contributed by atoms with Gasteiger partial charge in [0.05, 0.1) is 6.54 Å². The maximum atomic E-state index is 12.8. The molecule has 0 heterocycles. The van der Waals surface area contributed by atoms with Crippen LogP contribution < -0.4 is 10.6 Å². The van der Waals surface area contributed by atoms with Gasteiger partial charge in [-0.25, -0.2) is 4.39 Å². The average Bonchev–Trinajstić information content (AvgIpc) is 2.61. The van der Waals surface area contributed by atoms with E-state index in [9.17, 15) is 19.1 Å². The molecule has 3 N–H and O–H groups in total. The molecule has 0 saturated heterocycles. The van der Waals surface area contributed by atoms with Crippen molar-refractivity contribution in [1.29, 1.82) is 0 Å². The molecular weight excluding hydrogens is 323 g/mol. The number of anilines is 1. The van der Waals surface area contributed by atoms with Crippen molar-refractivity contribution in [3.8, 4) is 0 Å². The SMILES string of the molecule is C[C@H](c1ccccc1)[C@@](C)(O)C(=O)NCC(=O)Nc1ccc(F)cc1. The summed E-state index contributed by atoms with van der Waals surface area (Å²) in [6.45, 7) is 2.86. The molecule has 0 fully saturated rings. The van der Waals surface area contributed by atoms with Crippen LogP contribution in [0.1, 0.15) is 25.3 Å². The van der Waals surface area contributed by atoms with E-state index in [-0.39, 0.29) is 6.54 Å². The van der Waals surface area contributed by atoms with Crippen LogP contribution in [0.3, 0.4) is 0 Å². The Hall–Kier alpha value is -2.73. The number of benzene rings is 2. The van der Waals surface area contributed by atoms with Crippen LogP contribution in [0.15, 0.2) is 54.6 Å². The molecular formula is C19H21FN2O3. The fourth-order valence-corrected chi connectivity index (χ4v) is 2.34. The van der Waals surface area contributed by atoms with Gasteiger partial charge in [-0.3, -0.25) is 9.59 Å². The molecule has 2 rings (SSSR count). The van der Waals surface area contributed by atoms with Gasteiger partial charge >= 0.3 is 0 Å². The predicted molar refractivity (Wildman–Crippen MR) is 93.5 cm³/mol. The van der Waals surface area contributed by atoms with E-state index in [0.717, 1.165) is 5.56 Å². The molecule has 6 heteroatoms. The van der Waals surface area contributed by atoms with Gasteiger partial charge in [0.15, 0.2) is 0 Å². The van der Waals surface area contributed by atoms with Gasteiger partial charge in [-0.05, 0) is 36.8 Å². The normalized spacial score (nSPS) is 14.2. The molecule has 0 spiro atoms. The third-order valence-electron chi connectivity index (χ3n) is 4.14. The Kier molecular flexibility index (Phi) is 5.88. The second-order valence-electron chi connectivity index (χ2n) is 6.02. The molecule has 2 aromatic rings. The van der Waals surface area contributed by atoms with E-state index in [1.165, 1.54) is 31.2 Å². The zero-order chi connectivity index (χ0) is 18.4. The summed E-state index contributed by atoms with van der Waals surface area (Å²) in [4.78, 5) is 24.2. The van der Waals surface area contributed by atoms with Crippen molar-refractivity contribution in [2.24, 2.45) is 0 Å². The van der Waals surface area contributed by atoms with Gasteiger partial charge < -0.3 is 15.7 Å². The van der Waals surface area contributed by atoms with E-state index < -0.39 is 29.2 Å². The first-order valence-corrected chi connectivity index (χ1v) is 7.91. The number of aliphatic hydroxyl groups is 1. The quantitative estimate of drug-likeness (QED) is 0.753. The minimum atomic E-state index is -1.67. The molecule has 0 aliphatic carbocycles. The number of nitrogens with one attached hydrogen (secondary N) is 2. The Bertz CT molecular complexity index is 730. The van der Waals surface area contributed by atoms with Crippen LogP contribution in [0, 0.1) is 5.82 Å². The third-order valence-corrected chi connectivity index (χ3v) is 4.14. The van der Waals surface area contributed by atoms with Crippen molar-refractivity contribution in [1.82, 2.24) is 5.32 Å². The first-order chi connectivity index (χ1) is 11.8. The lowest BCUT2D eigenvalue weighted by molar-refractivity contribution is -0.140. The van der Waals surface area contributed by atoms with E-state index in [2.05, 4.69) is 10.6 Å². The van der Waals surface area contributed by atoms with Crippen molar-refractivity contribution in [3.63, 3.8) is 0 Å². The summed E-state index contributed by atoms with van der Waals surface area (Å²) in [7, 11) is 0. The van der Waals surface area contributed by atoms with Crippen molar-refractivity contribution in [2.75, 3.05) is 11.9 Å². The summed E-state index contributed by atoms with van der Waals surface area (Å²) in [6.07, 6.45) is 0. The highest BCUT2D eigenvalue weighted by atomic mass is 19.1. The number of halogens is 1. The standard InChI is InChI=1S/C19H21FN2O3/c1-13(14-6-4-3-5-7-14)19(2,25)18(24)21-12-17(23)22-16-10-8-15(20)9-11-16/h3-11,13,25H,12H2,1-2H3,(H,21,24)(H,22,23)/t13-,19-/m1/s1. The van der Waals surface area contributed by atoms with E-state index in [0.29, 0.717) is 5.69 Å². The van der Waals surface area contributed by atoms with Gasteiger partial charge in [0.2, 0.25) is 5.91 Å².